The van der Waals surface area contributed by atoms with Crippen molar-refractivity contribution in [1.82, 2.24) is 19.9 Å². The Hall–Kier alpha value is -3.95. The molecule has 1 atom stereocenters. The summed E-state index contributed by atoms with van der Waals surface area (Å²) in [5.74, 6) is 0.774. The van der Waals surface area contributed by atoms with Gasteiger partial charge < -0.3 is 14.5 Å². The Bertz CT molecular complexity index is 1260. The summed E-state index contributed by atoms with van der Waals surface area (Å²) in [6.07, 6.45) is -2.29. The molecule has 4 aromatic rings. The maximum atomic E-state index is 13.1. The molecule has 0 radical (unpaired) electrons. The third-order valence-corrected chi connectivity index (χ3v) is 4.83. The predicted octanol–water partition coefficient (Wildman–Crippen LogP) is 5.84. The van der Waals surface area contributed by atoms with Gasteiger partial charge in [-0.25, -0.2) is 15.0 Å². The van der Waals surface area contributed by atoms with Gasteiger partial charge >= 0.3 is 6.18 Å². The van der Waals surface area contributed by atoms with Gasteiger partial charge in [0, 0.05) is 23.4 Å². The Balaban J connectivity index is 1.56. The minimum Gasteiger partial charge on any atom is -0.496 e. The van der Waals surface area contributed by atoms with E-state index in [1.807, 2.05) is 0 Å². The molecule has 3 heterocycles. The Morgan fingerprint density at radius 3 is 2.52 bits per heavy atom. The van der Waals surface area contributed by atoms with E-state index in [1.165, 1.54) is 31.5 Å². The van der Waals surface area contributed by atoms with Crippen molar-refractivity contribution in [2.45, 2.75) is 19.2 Å². The number of imidazole rings is 1. The number of methoxy groups -OCH3 is 1. The third-order valence-electron chi connectivity index (χ3n) is 4.83. The first kappa shape index (κ1) is 22.3. The van der Waals surface area contributed by atoms with E-state index in [-0.39, 0.29) is 5.69 Å². The zero-order chi connectivity index (χ0) is 23.6. The molecule has 1 aromatic carbocycles. The number of nitrogens with one attached hydrogen (secondary N) is 1. The molecule has 0 saturated carbocycles. The first-order chi connectivity index (χ1) is 15.7. The molecule has 0 saturated heterocycles. The van der Waals surface area contributed by atoms with E-state index in [0.717, 1.165) is 6.07 Å². The molecular weight excluding hydrogens is 440 g/mol. The van der Waals surface area contributed by atoms with Crippen LogP contribution in [-0.2, 0) is 6.18 Å². The van der Waals surface area contributed by atoms with Gasteiger partial charge in [-0.05, 0) is 43.3 Å². The first-order valence-corrected chi connectivity index (χ1v) is 9.81. The molecule has 3 aromatic heterocycles. The van der Waals surface area contributed by atoms with E-state index in [0.29, 0.717) is 34.1 Å². The molecule has 0 amide bonds. The van der Waals surface area contributed by atoms with E-state index in [9.17, 15) is 17.6 Å². The van der Waals surface area contributed by atoms with Crippen molar-refractivity contribution in [3.05, 3.63) is 78.3 Å². The van der Waals surface area contributed by atoms with Gasteiger partial charge in [0.15, 0.2) is 0 Å². The Morgan fingerprint density at radius 2 is 1.82 bits per heavy atom. The number of pyridine rings is 2. The van der Waals surface area contributed by atoms with Crippen LogP contribution >= 0.6 is 0 Å². The summed E-state index contributed by atoms with van der Waals surface area (Å²) in [6.45, 7) is 1.61. The normalized spacial score (nSPS) is 12.4. The highest BCUT2D eigenvalue weighted by Crippen LogP contribution is 2.35. The summed E-state index contributed by atoms with van der Waals surface area (Å²) >= 11 is 0. The van der Waals surface area contributed by atoms with Gasteiger partial charge in [0.2, 0.25) is 5.95 Å². The summed E-state index contributed by atoms with van der Waals surface area (Å²) in [4.78, 5) is 14.7. The van der Waals surface area contributed by atoms with Crippen molar-refractivity contribution in [2.24, 2.45) is 0 Å². The lowest BCUT2D eigenvalue weighted by atomic mass is 10.1. The largest absolute Gasteiger partial charge is 0.496 e. The lowest BCUT2D eigenvalue weighted by molar-refractivity contribution is -0.141. The summed E-state index contributed by atoms with van der Waals surface area (Å²) in [5.41, 5.74) is 1.12. The molecule has 6 nitrogen and oxygen atoms in total. The monoisotopic (exact) mass is 458 g/mol. The molecule has 1 N–H and O–H groups in total. The molecule has 10 heteroatoms. The highest BCUT2D eigenvalue weighted by Gasteiger charge is 2.32. The van der Waals surface area contributed by atoms with Crippen LogP contribution in [0.1, 0.15) is 24.4 Å². The van der Waals surface area contributed by atoms with Crippen molar-refractivity contribution >= 4 is 0 Å². The first-order valence-electron chi connectivity index (χ1n) is 9.81. The quantitative estimate of drug-likeness (QED) is 0.290. The number of nitrogens with zero attached hydrogens (tertiary/aromatic N) is 3. The SMILES string of the molecule is COc1cc(OC(C)c2cccc(C(F)(F)F)n2)ccc1-c1cnc(-c2ccc(F)nc2)[nH]1. The average Bonchev–Trinajstić information content (AvgIpc) is 3.29. The lowest BCUT2D eigenvalue weighted by Gasteiger charge is -2.17. The van der Waals surface area contributed by atoms with E-state index in [4.69, 9.17) is 9.47 Å². The number of benzene rings is 1. The van der Waals surface area contributed by atoms with Gasteiger partial charge in [-0.3, -0.25) is 0 Å². The molecule has 1 unspecified atom stereocenters. The Morgan fingerprint density at radius 1 is 1.00 bits per heavy atom. The van der Waals surface area contributed by atoms with Crippen LogP contribution < -0.4 is 9.47 Å². The number of hydrogen-bond acceptors (Lipinski definition) is 5. The summed E-state index contributed by atoms with van der Waals surface area (Å²) in [7, 11) is 1.49. The number of aromatic nitrogens is 4. The van der Waals surface area contributed by atoms with Gasteiger partial charge in [-0.15, -0.1) is 0 Å². The fraction of sp³-hybridized carbons (Fsp3) is 0.174. The zero-order valence-corrected chi connectivity index (χ0v) is 17.5. The number of rotatable bonds is 6. The number of hydrogen-bond donors (Lipinski definition) is 1. The van der Waals surface area contributed by atoms with Crippen LogP contribution in [0.25, 0.3) is 22.6 Å². The lowest BCUT2D eigenvalue weighted by Crippen LogP contribution is -2.12. The summed E-state index contributed by atoms with van der Waals surface area (Å²) in [6, 6.07) is 11.5. The number of halogens is 4. The van der Waals surface area contributed by atoms with Crippen LogP contribution in [0, 0.1) is 5.95 Å². The van der Waals surface area contributed by atoms with Crippen molar-refractivity contribution in [1.29, 1.82) is 0 Å². The fourth-order valence-electron chi connectivity index (χ4n) is 3.19. The maximum Gasteiger partial charge on any atom is 0.433 e. The van der Waals surface area contributed by atoms with E-state index in [1.54, 1.807) is 37.4 Å². The van der Waals surface area contributed by atoms with Gasteiger partial charge in [0.25, 0.3) is 0 Å². The molecular formula is C23H18F4N4O2. The third kappa shape index (κ3) is 4.94. The highest BCUT2D eigenvalue weighted by molar-refractivity contribution is 5.70. The second-order valence-corrected chi connectivity index (χ2v) is 7.08. The standard InChI is InChI=1S/C23H18F4N4O2/c1-13(17-4-3-5-20(30-17)23(25,26)27)33-15-7-8-16(19(10-15)32-2)18-12-29-22(31-18)14-6-9-21(24)28-11-14/h3-13H,1-2H3,(H,29,31). The van der Waals surface area contributed by atoms with Crippen LogP contribution in [0.4, 0.5) is 17.6 Å². The maximum absolute atomic E-state index is 13.1. The second kappa shape index (κ2) is 8.89. The van der Waals surface area contributed by atoms with Crippen LogP contribution in [0.3, 0.4) is 0 Å². The fourth-order valence-corrected chi connectivity index (χ4v) is 3.19. The van der Waals surface area contributed by atoms with E-state index in [2.05, 4.69) is 19.9 Å². The molecule has 0 fully saturated rings. The van der Waals surface area contributed by atoms with Crippen LogP contribution in [0.15, 0.2) is 60.9 Å². The van der Waals surface area contributed by atoms with E-state index >= 15 is 0 Å². The predicted molar refractivity (Wildman–Crippen MR) is 112 cm³/mol. The molecule has 0 aliphatic heterocycles. The number of aromatic amines is 1. The number of ether oxygens (including phenoxy) is 2. The summed E-state index contributed by atoms with van der Waals surface area (Å²) < 4.78 is 63.2. The zero-order valence-electron chi connectivity index (χ0n) is 17.5. The topological polar surface area (TPSA) is 72.9 Å². The van der Waals surface area contributed by atoms with Crippen LogP contribution in [0.5, 0.6) is 11.5 Å². The van der Waals surface area contributed by atoms with Crippen molar-refractivity contribution in [3.63, 3.8) is 0 Å². The van der Waals surface area contributed by atoms with Gasteiger partial charge in [0.05, 0.1) is 24.7 Å². The van der Waals surface area contributed by atoms with Crippen molar-refractivity contribution in [2.75, 3.05) is 7.11 Å². The molecule has 4 rings (SSSR count). The average molecular weight is 458 g/mol. The van der Waals surface area contributed by atoms with E-state index < -0.39 is 23.9 Å². The molecule has 0 spiro atoms. The van der Waals surface area contributed by atoms with Gasteiger partial charge in [-0.1, -0.05) is 6.07 Å². The molecule has 33 heavy (non-hydrogen) atoms. The molecule has 0 aliphatic carbocycles. The van der Waals surface area contributed by atoms with Crippen molar-refractivity contribution in [3.8, 4) is 34.1 Å². The minimum absolute atomic E-state index is 0.152. The van der Waals surface area contributed by atoms with Crippen LogP contribution in [0.2, 0.25) is 0 Å². The molecule has 170 valence electrons. The van der Waals surface area contributed by atoms with Gasteiger partial charge in [0.1, 0.15) is 29.1 Å². The van der Waals surface area contributed by atoms with Crippen LogP contribution in [-0.4, -0.2) is 27.0 Å². The number of H-pyrrole nitrogens is 1. The molecule has 0 bridgehead atoms. The summed E-state index contributed by atoms with van der Waals surface area (Å²) in [5, 5.41) is 0. The number of alkyl halides is 3. The Kier molecular flexibility index (Phi) is 5.99. The highest BCUT2D eigenvalue weighted by atomic mass is 19.4. The van der Waals surface area contributed by atoms with Gasteiger partial charge in [-0.2, -0.15) is 17.6 Å². The smallest absolute Gasteiger partial charge is 0.433 e. The molecule has 0 aliphatic rings. The minimum atomic E-state index is -4.53. The van der Waals surface area contributed by atoms with Crippen molar-refractivity contribution < 1.29 is 27.0 Å². The Labute approximate surface area is 186 Å². The second-order valence-electron chi connectivity index (χ2n) is 7.08.